The number of carbonyl (C=O) groups is 2. The number of aromatic nitrogens is 2. The molecular weight excluding hydrogens is 505 g/mol. The molecule has 9 nitrogen and oxygen atoms in total. The standard InChI is InChI=1S/C26H33F3N4O5/c1-24(2)11-19-21(20(37)12-24)22(26(27,28)29)32-33(19)14-3-4-17(23(30)38)18(9-14)31-25(10-16(36)13-34)7-5-15(35)6-8-25/h3-4,9,15-16,31,34-36H,5-8,10-13H2,1-2H3,(H2,30,38). The highest BCUT2D eigenvalue weighted by molar-refractivity contribution is 6.00. The number of aliphatic hydroxyl groups excluding tert-OH is 3. The summed E-state index contributed by atoms with van der Waals surface area (Å²) >= 11 is 0. The van der Waals surface area contributed by atoms with Crippen LogP contribution < -0.4 is 11.1 Å². The Morgan fingerprint density at radius 3 is 2.50 bits per heavy atom. The number of ketones is 1. The molecule has 38 heavy (non-hydrogen) atoms. The fourth-order valence-electron chi connectivity index (χ4n) is 5.68. The molecule has 4 rings (SSSR count). The molecule has 208 valence electrons. The first-order valence-electron chi connectivity index (χ1n) is 12.6. The van der Waals surface area contributed by atoms with Crippen molar-refractivity contribution in [2.45, 2.75) is 82.7 Å². The minimum Gasteiger partial charge on any atom is -0.394 e. The SMILES string of the molecule is CC1(C)CC(=O)c2c(C(F)(F)F)nn(-c3ccc(C(N)=O)c(NC4(CC(O)CO)CCC(O)CC4)c3)c2C1. The molecule has 1 atom stereocenters. The number of nitrogens with one attached hydrogen (secondary N) is 1. The van der Waals surface area contributed by atoms with Crippen LogP contribution in [0.5, 0.6) is 0 Å². The van der Waals surface area contributed by atoms with E-state index in [0.29, 0.717) is 25.7 Å². The van der Waals surface area contributed by atoms with Crippen molar-refractivity contribution in [2.24, 2.45) is 11.1 Å². The molecule has 0 bridgehead atoms. The van der Waals surface area contributed by atoms with E-state index >= 15 is 0 Å². The molecule has 1 fully saturated rings. The first-order chi connectivity index (χ1) is 17.6. The lowest BCUT2D eigenvalue weighted by Crippen LogP contribution is -2.46. The minimum absolute atomic E-state index is 0.0379. The molecule has 1 aromatic heterocycles. The zero-order chi connectivity index (χ0) is 28.0. The van der Waals surface area contributed by atoms with Crippen LogP contribution in [0.4, 0.5) is 18.9 Å². The molecule has 0 spiro atoms. The van der Waals surface area contributed by atoms with Gasteiger partial charge in [0, 0.05) is 17.6 Å². The highest BCUT2D eigenvalue weighted by Gasteiger charge is 2.45. The molecular formula is C26H33F3N4O5. The number of aliphatic hydroxyl groups is 3. The van der Waals surface area contributed by atoms with Gasteiger partial charge in [-0.1, -0.05) is 13.8 Å². The Labute approximate surface area is 217 Å². The van der Waals surface area contributed by atoms with E-state index in [1.54, 1.807) is 13.8 Å². The predicted molar refractivity (Wildman–Crippen MR) is 132 cm³/mol. The number of carbonyl (C=O) groups excluding carboxylic acids is 2. The molecule has 1 heterocycles. The number of anilines is 1. The summed E-state index contributed by atoms with van der Waals surface area (Å²) in [6.45, 7) is 3.11. The van der Waals surface area contributed by atoms with Crippen LogP contribution in [-0.2, 0) is 12.6 Å². The molecule has 2 aromatic rings. The second kappa shape index (κ2) is 9.97. The number of halogens is 3. The predicted octanol–water partition coefficient (Wildman–Crippen LogP) is 2.97. The molecule has 0 aliphatic heterocycles. The van der Waals surface area contributed by atoms with Gasteiger partial charge in [-0.15, -0.1) is 0 Å². The van der Waals surface area contributed by atoms with Crippen LogP contribution >= 0.6 is 0 Å². The van der Waals surface area contributed by atoms with Crippen molar-refractivity contribution in [2.75, 3.05) is 11.9 Å². The van der Waals surface area contributed by atoms with Crippen LogP contribution in [0.15, 0.2) is 18.2 Å². The second-order valence-corrected chi connectivity index (χ2v) is 11.3. The van der Waals surface area contributed by atoms with Crippen molar-refractivity contribution in [1.29, 1.82) is 0 Å². The number of hydrogen-bond donors (Lipinski definition) is 5. The maximum Gasteiger partial charge on any atom is 0.435 e. The van der Waals surface area contributed by atoms with Crippen molar-refractivity contribution in [3.8, 4) is 5.69 Å². The maximum atomic E-state index is 13.9. The van der Waals surface area contributed by atoms with Crippen LogP contribution in [-0.4, -0.2) is 61.1 Å². The van der Waals surface area contributed by atoms with Gasteiger partial charge in [-0.05, 0) is 62.1 Å². The Bertz CT molecular complexity index is 1230. The topological polar surface area (TPSA) is 151 Å². The fraction of sp³-hybridized carbons (Fsp3) is 0.577. The Morgan fingerprint density at radius 2 is 1.92 bits per heavy atom. The molecule has 1 aromatic carbocycles. The van der Waals surface area contributed by atoms with Gasteiger partial charge in [0.1, 0.15) is 0 Å². The second-order valence-electron chi connectivity index (χ2n) is 11.3. The van der Waals surface area contributed by atoms with E-state index in [4.69, 9.17) is 5.73 Å². The van der Waals surface area contributed by atoms with Crippen molar-refractivity contribution >= 4 is 17.4 Å². The van der Waals surface area contributed by atoms with Gasteiger partial charge in [0.15, 0.2) is 11.5 Å². The van der Waals surface area contributed by atoms with Crippen molar-refractivity contribution in [3.05, 3.63) is 40.7 Å². The monoisotopic (exact) mass is 538 g/mol. The summed E-state index contributed by atoms with van der Waals surface area (Å²) in [5.41, 5.74) is 3.16. The number of hydrogen-bond acceptors (Lipinski definition) is 7. The third kappa shape index (κ3) is 5.57. The van der Waals surface area contributed by atoms with Gasteiger partial charge in [0.25, 0.3) is 5.91 Å². The van der Waals surface area contributed by atoms with Crippen molar-refractivity contribution in [1.82, 2.24) is 9.78 Å². The summed E-state index contributed by atoms with van der Waals surface area (Å²) in [5.74, 6) is -1.40. The maximum absolute atomic E-state index is 13.9. The van der Waals surface area contributed by atoms with Crippen molar-refractivity contribution < 1.29 is 38.1 Å². The van der Waals surface area contributed by atoms with Crippen LogP contribution in [0.2, 0.25) is 0 Å². The molecule has 0 saturated heterocycles. The Morgan fingerprint density at radius 1 is 1.26 bits per heavy atom. The van der Waals surface area contributed by atoms with E-state index < -0.39 is 58.9 Å². The highest BCUT2D eigenvalue weighted by Crippen LogP contribution is 2.42. The highest BCUT2D eigenvalue weighted by atomic mass is 19.4. The number of nitrogens with zero attached hydrogens (tertiary/aromatic N) is 2. The normalized spacial score (nSPS) is 24.1. The summed E-state index contributed by atoms with van der Waals surface area (Å²) in [6, 6.07) is 4.26. The third-order valence-electron chi connectivity index (χ3n) is 7.48. The van der Waals surface area contributed by atoms with Gasteiger partial charge in [-0.3, -0.25) is 9.59 Å². The molecule has 2 aliphatic carbocycles. The number of nitrogens with two attached hydrogens (primary N) is 1. The molecule has 6 N–H and O–H groups in total. The number of Topliss-reactive ketones (excluding diaryl/α,β-unsaturated/α-hetero) is 1. The third-order valence-corrected chi connectivity index (χ3v) is 7.48. The fourth-order valence-corrected chi connectivity index (χ4v) is 5.68. The lowest BCUT2D eigenvalue weighted by molar-refractivity contribution is -0.141. The molecule has 0 radical (unpaired) electrons. The minimum atomic E-state index is -4.84. The van der Waals surface area contributed by atoms with Gasteiger partial charge < -0.3 is 26.4 Å². The van der Waals surface area contributed by atoms with Gasteiger partial charge in [-0.2, -0.15) is 18.3 Å². The molecule has 1 unspecified atom stereocenters. The summed E-state index contributed by atoms with van der Waals surface area (Å²) in [7, 11) is 0. The first kappa shape index (κ1) is 28.1. The van der Waals surface area contributed by atoms with E-state index in [-0.39, 0.29) is 41.9 Å². The van der Waals surface area contributed by atoms with Crippen LogP contribution in [0.1, 0.15) is 84.5 Å². The average Bonchev–Trinajstić information content (AvgIpc) is 3.20. The quantitative estimate of drug-likeness (QED) is 0.364. The average molecular weight is 539 g/mol. The number of primary amides is 1. The van der Waals surface area contributed by atoms with Gasteiger partial charge in [0.2, 0.25) is 0 Å². The zero-order valence-corrected chi connectivity index (χ0v) is 21.3. The van der Waals surface area contributed by atoms with E-state index in [2.05, 4.69) is 10.4 Å². The number of rotatable bonds is 7. The molecule has 1 saturated carbocycles. The van der Waals surface area contributed by atoms with Crippen LogP contribution in [0.25, 0.3) is 5.69 Å². The largest absolute Gasteiger partial charge is 0.435 e. The first-order valence-corrected chi connectivity index (χ1v) is 12.6. The summed E-state index contributed by atoms with van der Waals surface area (Å²) in [4.78, 5) is 25.1. The van der Waals surface area contributed by atoms with Gasteiger partial charge in [-0.25, -0.2) is 4.68 Å². The smallest absolute Gasteiger partial charge is 0.394 e. The summed E-state index contributed by atoms with van der Waals surface area (Å²) in [5, 5.41) is 36.8. The van der Waals surface area contributed by atoms with Gasteiger partial charge >= 0.3 is 6.18 Å². The van der Waals surface area contributed by atoms with Crippen LogP contribution in [0.3, 0.4) is 0 Å². The molecule has 1 amide bonds. The molecule has 12 heteroatoms. The van der Waals surface area contributed by atoms with Crippen molar-refractivity contribution in [3.63, 3.8) is 0 Å². The Kier molecular flexibility index (Phi) is 7.36. The van der Waals surface area contributed by atoms with Crippen LogP contribution in [0, 0.1) is 5.41 Å². The van der Waals surface area contributed by atoms with E-state index in [9.17, 15) is 38.1 Å². The Balaban J connectivity index is 1.84. The Hall–Kier alpha value is -2.96. The summed E-state index contributed by atoms with van der Waals surface area (Å²) < 4.78 is 42.8. The zero-order valence-electron chi connectivity index (χ0n) is 21.3. The van der Waals surface area contributed by atoms with E-state index in [1.807, 2.05) is 0 Å². The number of fused-ring (bicyclic) bond motifs is 1. The summed E-state index contributed by atoms with van der Waals surface area (Å²) in [6.07, 6.45) is -4.55. The lowest BCUT2D eigenvalue weighted by atomic mass is 9.75. The lowest BCUT2D eigenvalue weighted by Gasteiger charge is -2.42. The number of amides is 1. The number of benzene rings is 1. The molecule has 2 aliphatic rings. The number of alkyl halides is 3. The van der Waals surface area contributed by atoms with E-state index in [0.717, 1.165) is 4.68 Å². The van der Waals surface area contributed by atoms with Gasteiger partial charge in [0.05, 0.1) is 41.3 Å². The van der Waals surface area contributed by atoms with E-state index in [1.165, 1.54) is 18.2 Å².